The van der Waals surface area contributed by atoms with Gasteiger partial charge in [-0.15, -0.1) is 0 Å². The molecular weight excluding hydrogens is 124 g/mol. The number of nitrogens with zero attached hydrogens (tertiary/aromatic N) is 2. The van der Waals surface area contributed by atoms with Gasteiger partial charge in [0.15, 0.2) is 0 Å². The van der Waals surface area contributed by atoms with Gasteiger partial charge in [0.05, 0.1) is 6.54 Å². The van der Waals surface area contributed by atoms with E-state index in [4.69, 9.17) is 5.11 Å². The first kappa shape index (κ1) is 7.87. The lowest BCUT2D eigenvalue weighted by Gasteiger charge is -2.08. The van der Waals surface area contributed by atoms with E-state index in [0.29, 0.717) is 0 Å². The Balaban J connectivity index is 3.37. The van der Waals surface area contributed by atoms with Crippen molar-refractivity contribution in [2.45, 2.75) is 0 Å². The lowest BCUT2D eigenvalue weighted by atomic mass is 10.6. The molecule has 0 atom stereocenters. The average Bonchev–Trinajstić information content (AvgIpc) is 1.82. The average molecular weight is 132 g/mol. The van der Waals surface area contributed by atoms with Crippen LogP contribution in [0.5, 0.6) is 0 Å². The van der Waals surface area contributed by atoms with Crippen LogP contribution in [0, 0.1) is 4.91 Å². The Morgan fingerprint density at radius 1 is 1.78 bits per heavy atom. The SMILES string of the molecule is CN(CCN=O)C(=O)O. The number of carboxylic acid groups (broad SMARTS) is 1. The highest BCUT2D eigenvalue weighted by Gasteiger charge is 2.02. The molecule has 0 aromatic rings. The van der Waals surface area contributed by atoms with Crippen LogP contribution >= 0.6 is 0 Å². The predicted octanol–water partition coefficient (Wildman–Crippen LogP) is 0.363. The van der Waals surface area contributed by atoms with E-state index in [2.05, 4.69) is 5.18 Å². The Kier molecular flexibility index (Phi) is 3.34. The van der Waals surface area contributed by atoms with E-state index in [1.807, 2.05) is 0 Å². The number of hydrogen-bond donors (Lipinski definition) is 1. The Morgan fingerprint density at radius 2 is 2.33 bits per heavy atom. The highest BCUT2D eigenvalue weighted by atomic mass is 16.4. The molecule has 0 saturated heterocycles. The summed E-state index contributed by atoms with van der Waals surface area (Å²) in [5.41, 5.74) is 0. The van der Waals surface area contributed by atoms with Crippen LogP contribution in [0.1, 0.15) is 0 Å². The summed E-state index contributed by atoms with van der Waals surface area (Å²) in [5, 5.41) is 10.7. The van der Waals surface area contributed by atoms with Crippen LogP contribution in [-0.4, -0.2) is 36.2 Å². The summed E-state index contributed by atoms with van der Waals surface area (Å²) in [6.07, 6.45) is -1.04. The molecule has 0 aliphatic carbocycles. The molecule has 0 aliphatic rings. The van der Waals surface area contributed by atoms with Crippen molar-refractivity contribution in [1.29, 1.82) is 0 Å². The third-order valence-electron chi connectivity index (χ3n) is 0.853. The van der Waals surface area contributed by atoms with Crippen molar-refractivity contribution in [3.05, 3.63) is 4.91 Å². The third kappa shape index (κ3) is 3.45. The third-order valence-corrected chi connectivity index (χ3v) is 0.853. The number of rotatable bonds is 3. The van der Waals surface area contributed by atoms with Gasteiger partial charge in [-0.1, -0.05) is 5.18 Å². The summed E-state index contributed by atoms with van der Waals surface area (Å²) >= 11 is 0. The van der Waals surface area contributed by atoms with Gasteiger partial charge < -0.3 is 10.0 Å². The minimum atomic E-state index is -1.04. The van der Waals surface area contributed by atoms with Crippen LogP contribution in [0.3, 0.4) is 0 Å². The van der Waals surface area contributed by atoms with Crippen molar-refractivity contribution in [1.82, 2.24) is 4.90 Å². The van der Waals surface area contributed by atoms with Gasteiger partial charge in [0, 0.05) is 13.6 Å². The molecule has 9 heavy (non-hydrogen) atoms. The molecule has 1 N–H and O–H groups in total. The lowest BCUT2D eigenvalue weighted by Crippen LogP contribution is -2.26. The molecule has 0 unspecified atom stereocenters. The fourth-order valence-corrected chi connectivity index (χ4v) is 0.286. The number of nitroso groups, excluding NO2 is 1. The summed E-state index contributed by atoms with van der Waals surface area (Å²) in [5.74, 6) is 0. The molecule has 5 heteroatoms. The normalized spacial score (nSPS) is 8.56. The monoisotopic (exact) mass is 132 g/mol. The number of hydrogen-bond acceptors (Lipinski definition) is 3. The maximum Gasteiger partial charge on any atom is 0.407 e. The quantitative estimate of drug-likeness (QED) is 0.563. The van der Waals surface area contributed by atoms with Gasteiger partial charge in [-0.3, -0.25) is 0 Å². The number of amides is 1. The van der Waals surface area contributed by atoms with Crippen molar-refractivity contribution in [2.24, 2.45) is 5.18 Å². The van der Waals surface area contributed by atoms with E-state index in [0.717, 1.165) is 4.90 Å². The molecule has 0 aromatic carbocycles. The standard InChI is InChI=1S/C4H8N2O3/c1-6(4(7)8)3-2-5-9/h2-3H2,1H3,(H,7,8). The molecule has 0 radical (unpaired) electrons. The molecule has 0 bridgehead atoms. The summed E-state index contributed by atoms with van der Waals surface area (Å²) in [6, 6.07) is 0. The minimum Gasteiger partial charge on any atom is -0.465 e. The van der Waals surface area contributed by atoms with Crippen LogP contribution < -0.4 is 0 Å². The second kappa shape index (κ2) is 3.82. The van der Waals surface area contributed by atoms with Crippen LogP contribution in [0.2, 0.25) is 0 Å². The van der Waals surface area contributed by atoms with Gasteiger partial charge in [-0.25, -0.2) is 4.79 Å². The van der Waals surface area contributed by atoms with Gasteiger partial charge in [0.2, 0.25) is 0 Å². The van der Waals surface area contributed by atoms with E-state index in [1.165, 1.54) is 7.05 Å². The van der Waals surface area contributed by atoms with Crippen LogP contribution in [0.25, 0.3) is 0 Å². The topological polar surface area (TPSA) is 70.0 Å². The summed E-state index contributed by atoms with van der Waals surface area (Å²) in [4.78, 5) is 20.5. The van der Waals surface area contributed by atoms with Gasteiger partial charge in [-0.2, -0.15) is 4.91 Å². The Bertz CT molecular complexity index is 114. The van der Waals surface area contributed by atoms with Gasteiger partial charge in [-0.05, 0) is 0 Å². The Morgan fingerprint density at radius 3 is 2.67 bits per heavy atom. The van der Waals surface area contributed by atoms with Crippen molar-refractivity contribution < 1.29 is 9.90 Å². The van der Waals surface area contributed by atoms with E-state index in [9.17, 15) is 9.70 Å². The molecule has 5 nitrogen and oxygen atoms in total. The first-order valence-corrected chi connectivity index (χ1v) is 2.41. The van der Waals surface area contributed by atoms with Crippen molar-refractivity contribution in [3.8, 4) is 0 Å². The molecule has 0 aliphatic heterocycles. The van der Waals surface area contributed by atoms with E-state index < -0.39 is 6.09 Å². The van der Waals surface area contributed by atoms with E-state index in [1.54, 1.807) is 0 Å². The highest BCUT2D eigenvalue weighted by molar-refractivity contribution is 5.64. The van der Waals surface area contributed by atoms with Crippen molar-refractivity contribution in [3.63, 3.8) is 0 Å². The summed E-state index contributed by atoms with van der Waals surface area (Å²) in [7, 11) is 1.38. The maximum absolute atomic E-state index is 9.99. The molecule has 1 amide bonds. The Labute approximate surface area is 52.2 Å². The van der Waals surface area contributed by atoms with E-state index in [-0.39, 0.29) is 13.1 Å². The molecule has 0 fully saturated rings. The second-order valence-electron chi connectivity index (χ2n) is 1.56. The van der Waals surface area contributed by atoms with Gasteiger partial charge in [0.25, 0.3) is 0 Å². The second-order valence-corrected chi connectivity index (χ2v) is 1.56. The summed E-state index contributed by atoms with van der Waals surface area (Å²) in [6.45, 7) is 0.182. The molecule has 0 spiro atoms. The first-order chi connectivity index (χ1) is 4.18. The van der Waals surface area contributed by atoms with Crippen molar-refractivity contribution in [2.75, 3.05) is 20.1 Å². The van der Waals surface area contributed by atoms with E-state index >= 15 is 0 Å². The fourth-order valence-electron chi connectivity index (χ4n) is 0.286. The predicted molar refractivity (Wildman–Crippen MR) is 31.3 cm³/mol. The molecule has 52 valence electrons. The fraction of sp³-hybridized carbons (Fsp3) is 0.750. The molecular formula is C4H8N2O3. The van der Waals surface area contributed by atoms with Gasteiger partial charge in [0.1, 0.15) is 0 Å². The highest BCUT2D eigenvalue weighted by Crippen LogP contribution is 1.81. The zero-order valence-corrected chi connectivity index (χ0v) is 5.07. The summed E-state index contributed by atoms with van der Waals surface area (Å²) < 4.78 is 0. The molecule has 0 heterocycles. The van der Waals surface area contributed by atoms with Crippen LogP contribution in [-0.2, 0) is 0 Å². The smallest absolute Gasteiger partial charge is 0.407 e. The van der Waals surface area contributed by atoms with Gasteiger partial charge >= 0.3 is 6.09 Å². The molecule has 0 rings (SSSR count). The minimum absolute atomic E-state index is 0.0167. The van der Waals surface area contributed by atoms with Crippen molar-refractivity contribution >= 4 is 6.09 Å². The molecule has 0 aromatic heterocycles. The Hall–Kier alpha value is -1.13. The zero-order valence-electron chi connectivity index (χ0n) is 5.07. The largest absolute Gasteiger partial charge is 0.465 e. The van der Waals surface area contributed by atoms with Crippen LogP contribution in [0.15, 0.2) is 5.18 Å². The number of likely N-dealkylation sites (N-methyl/N-ethyl adjacent to an activating group) is 1. The lowest BCUT2D eigenvalue weighted by molar-refractivity contribution is 0.157. The number of carbonyl (C=O) groups is 1. The zero-order chi connectivity index (χ0) is 7.28. The van der Waals surface area contributed by atoms with Crippen LogP contribution in [0.4, 0.5) is 4.79 Å². The molecule has 0 saturated carbocycles. The maximum atomic E-state index is 9.99. The first-order valence-electron chi connectivity index (χ1n) is 2.41.